The van der Waals surface area contributed by atoms with Gasteiger partial charge >= 0.3 is 0 Å². The van der Waals surface area contributed by atoms with Gasteiger partial charge in [0.2, 0.25) is 5.88 Å². The minimum absolute atomic E-state index is 0.405. The number of aromatic nitrogens is 2. The van der Waals surface area contributed by atoms with Gasteiger partial charge in [0, 0.05) is 10.0 Å². The molecule has 3 nitrogen and oxygen atoms in total. The zero-order chi connectivity index (χ0) is 11.5. The molecule has 2 rings (SSSR count). The Labute approximate surface area is 107 Å². The van der Waals surface area contributed by atoms with E-state index in [0.717, 1.165) is 10.0 Å². The van der Waals surface area contributed by atoms with Crippen LogP contribution in [0.3, 0.4) is 0 Å². The SMILES string of the molecule is Cc1c(Cl)ncnc1Oc1ccc(Br)cc1. The van der Waals surface area contributed by atoms with Gasteiger partial charge in [-0.3, -0.25) is 0 Å². The Balaban J connectivity index is 2.27. The maximum Gasteiger partial charge on any atom is 0.226 e. The summed E-state index contributed by atoms with van der Waals surface area (Å²) in [5.74, 6) is 1.18. The van der Waals surface area contributed by atoms with Crippen LogP contribution in [0, 0.1) is 6.92 Å². The first-order valence-corrected chi connectivity index (χ1v) is 5.74. The molecule has 0 aliphatic heterocycles. The first kappa shape index (κ1) is 11.4. The Morgan fingerprint density at radius 2 is 1.88 bits per heavy atom. The van der Waals surface area contributed by atoms with Crippen molar-refractivity contribution in [3.05, 3.63) is 45.8 Å². The van der Waals surface area contributed by atoms with Gasteiger partial charge in [0.05, 0.1) is 0 Å². The number of hydrogen-bond acceptors (Lipinski definition) is 3. The van der Waals surface area contributed by atoms with Gasteiger partial charge in [-0.15, -0.1) is 0 Å². The lowest BCUT2D eigenvalue weighted by atomic mass is 10.3. The van der Waals surface area contributed by atoms with Crippen LogP contribution in [0.5, 0.6) is 11.6 Å². The van der Waals surface area contributed by atoms with Crippen molar-refractivity contribution >= 4 is 27.5 Å². The lowest BCUT2D eigenvalue weighted by Gasteiger charge is -2.07. The Hall–Kier alpha value is -1.13. The van der Waals surface area contributed by atoms with Crippen LogP contribution >= 0.6 is 27.5 Å². The van der Waals surface area contributed by atoms with Gasteiger partial charge in [0.25, 0.3) is 0 Å². The van der Waals surface area contributed by atoms with Gasteiger partial charge in [0.15, 0.2) is 0 Å². The molecule has 2 aromatic rings. The molecule has 0 N–H and O–H groups in total. The molecule has 0 aliphatic rings. The molecule has 0 unspecified atom stereocenters. The van der Waals surface area contributed by atoms with Crippen LogP contribution in [0.25, 0.3) is 0 Å². The topological polar surface area (TPSA) is 35.0 Å². The number of rotatable bonds is 2. The molecule has 1 aromatic carbocycles. The van der Waals surface area contributed by atoms with Crippen LogP contribution in [-0.4, -0.2) is 9.97 Å². The van der Waals surface area contributed by atoms with Crippen LogP contribution in [0.15, 0.2) is 35.1 Å². The monoisotopic (exact) mass is 298 g/mol. The first-order chi connectivity index (χ1) is 7.66. The molecule has 0 saturated carbocycles. The largest absolute Gasteiger partial charge is 0.439 e. The van der Waals surface area contributed by atoms with E-state index in [0.29, 0.717) is 16.8 Å². The van der Waals surface area contributed by atoms with Crippen molar-refractivity contribution in [2.75, 3.05) is 0 Å². The standard InChI is InChI=1S/C11H8BrClN2O/c1-7-10(13)14-6-15-11(7)16-9-4-2-8(12)3-5-9/h2-6H,1H3. The van der Waals surface area contributed by atoms with Crippen molar-refractivity contribution in [1.29, 1.82) is 0 Å². The van der Waals surface area contributed by atoms with Gasteiger partial charge in [-0.1, -0.05) is 27.5 Å². The quantitative estimate of drug-likeness (QED) is 0.786. The van der Waals surface area contributed by atoms with Crippen LogP contribution in [-0.2, 0) is 0 Å². The van der Waals surface area contributed by atoms with Gasteiger partial charge in [-0.05, 0) is 31.2 Å². The molecular formula is C11H8BrClN2O. The maximum atomic E-state index is 5.87. The highest BCUT2D eigenvalue weighted by Gasteiger charge is 2.06. The van der Waals surface area contributed by atoms with Crippen molar-refractivity contribution in [2.24, 2.45) is 0 Å². The van der Waals surface area contributed by atoms with E-state index in [-0.39, 0.29) is 0 Å². The summed E-state index contributed by atoms with van der Waals surface area (Å²) in [5, 5.41) is 0.405. The molecule has 0 atom stereocenters. The van der Waals surface area contributed by atoms with E-state index in [9.17, 15) is 0 Å². The number of nitrogens with zero attached hydrogens (tertiary/aromatic N) is 2. The third kappa shape index (κ3) is 2.51. The third-order valence-electron chi connectivity index (χ3n) is 2.00. The van der Waals surface area contributed by atoms with Crippen molar-refractivity contribution in [3.8, 4) is 11.6 Å². The van der Waals surface area contributed by atoms with Crippen LogP contribution in [0.1, 0.15) is 5.56 Å². The zero-order valence-electron chi connectivity index (χ0n) is 8.45. The second-order valence-corrected chi connectivity index (χ2v) is 4.42. The summed E-state index contributed by atoms with van der Waals surface area (Å²) in [6, 6.07) is 7.49. The second-order valence-electron chi connectivity index (χ2n) is 3.15. The molecule has 16 heavy (non-hydrogen) atoms. The van der Waals surface area contributed by atoms with Crippen molar-refractivity contribution in [1.82, 2.24) is 9.97 Å². The molecule has 5 heteroatoms. The average molecular weight is 300 g/mol. The van der Waals surface area contributed by atoms with E-state index < -0.39 is 0 Å². The Kier molecular flexibility index (Phi) is 3.41. The number of hydrogen-bond donors (Lipinski definition) is 0. The normalized spacial score (nSPS) is 10.2. The van der Waals surface area contributed by atoms with Gasteiger partial charge < -0.3 is 4.74 Å². The average Bonchev–Trinajstić information content (AvgIpc) is 2.28. The van der Waals surface area contributed by atoms with E-state index in [2.05, 4.69) is 25.9 Å². The highest BCUT2D eigenvalue weighted by atomic mass is 79.9. The molecule has 0 spiro atoms. The van der Waals surface area contributed by atoms with Gasteiger partial charge in [0.1, 0.15) is 17.2 Å². The molecule has 0 fully saturated rings. The maximum absolute atomic E-state index is 5.87. The van der Waals surface area contributed by atoms with E-state index >= 15 is 0 Å². The highest BCUT2D eigenvalue weighted by molar-refractivity contribution is 9.10. The summed E-state index contributed by atoms with van der Waals surface area (Å²) in [7, 11) is 0. The molecule has 0 amide bonds. The van der Waals surface area contributed by atoms with E-state index in [1.807, 2.05) is 31.2 Å². The summed E-state index contributed by atoms with van der Waals surface area (Å²) >= 11 is 9.22. The lowest BCUT2D eigenvalue weighted by molar-refractivity contribution is 0.457. The summed E-state index contributed by atoms with van der Waals surface area (Å²) in [4.78, 5) is 7.89. The molecular weight excluding hydrogens is 291 g/mol. The fraction of sp³-hybridized carbons (Fsp3) is 0.0909. The van der Waals surface area contributed by atoms with Crippen molar-refractivity contribution < 1.29 is 4.74 Å². The third-order valence-corrected chi connectivity index (χ3v) is 2.91. The summed E-state index contributed by atoms with van der Waals surface area (Å²) in [6.45, 7) is 1.82. The number of halogens is 2. The predicted octanol–water partition coefficient (Wildman–Crippen LogP) is 3.99. The van der Waals surface area contributed by atoms with Crippen molar-refractivity contribution in [3.63, 3.8) is 0 Å². The predicted molar refractivity (Wildman–Crippen MR) is 66.0 cm³/mol. The molecule has 82 valence electrons. The minimum atomic E-state index is 0.405. The minimum Gasteiger partial charge on any atom is -0.439 e. The molecule has 0 bridgehead atoms. The summed E-state index contributed by atoms with van der Waals surface area (Å²) in [5.41, 5.74) is 0.729. The summed E-state index contributed by atoms with van der Waals surface area (Å²) < 4.78 is 6.59. The van der Waals surface area contributed by atoms with Crippen molar-refractivity contribution in [2.45, 2.75) is 6.92 Å². The van der Waals surface area contributed by atoms with E-state index in [1.165, 1.54) is 6.33 Å². The van der Waals surface area contributed by atoms with Crippen LogP contribution < -0.4 is 4.74 Å². The molecule has 0 saturated heterocycles. The molecule has 1 aromatic heterocycles. The number of benzene rings is 1. The molecule has 1 heterocycles. The molecule has 0 aliphatic carbocycles. The summed E-state index contributed by atoms with van der Waals surface area (Å²) in [6.07, 6.45) is 1.38. The van der Waals surface area contributed by atoms with E-state index in [1.54, 1.807) is 0 Å². The zero-order valence-corrected chi connectivity index (χ0v) is 10.8. The number of ether oxygens (including phenoxy) is 1. The Bertz CT molecular complexity index is 502. The van der Waals surface area contributed by atoms with E-state index in [4.69, 9.17) is 16.3 Å². The fourth-order valence-electron chi connectivity index (χ4n) is 1.13. The second kappa shape index (κ2) is 4.80. The lowest BCUT2D eigenvalue weighted by Crippen LogP contribution is -1.93. The van der Waals surface area contributed by atoms with Gasteiger partial charge in [-0.25, -0.2) is 9.97 Å². The van der Waals surface area contributed by atoms with Gasteiger partial charge in [-0.2, -0.15) is 0 Å². The first-order valence-electron chi connectivity index (χ1n) is 4.57. The molecule has 0 radical (unpaired) electrons. The highest BCUT2D eigenvalue weighted by Crippen LogP contribution is 2.26. The van der Waals surface area contributed by atoms with Crippen LogP contribution in [0.2, 0.25) is 5.15 Å². The Morgan fingerprint density at radius 1 is 1.19 bits per heavy atom. The van der Waals surface area contributed by atoms with Crippen LogP contribution in [0.4, 0.5) is 0 Å². The Morgan fingerprint density at radius 3 is 2.56 bits per heavy atom. The smallest absolute Gasteiger partial charge is 0.226 e. The fourth-order valence-corrected chi connectivity index (χ4v) is 1.52.